The van der Waals surface area contributed by atoms with Gasteiger partial charge in [-0.1, -0.05) is 22.0 Å². The number of hydrogen-bond acceptors (Lipinski definition) is 2. The zero-order valence-electron chi connectivity index (χ0n) is 8.18. The summed E-state index contributed by atoms with van der Waals surface area (Å²) in [6, 6.07) is 5.48. The maximum atomic E-state index is 9.31. The maximum absolute atomic E-state index is 9.31. The van der Waals surface area contributed by atoms with E-state index in [1.807, 2.05) is 6.07 Å². The molecule has 1 heterocycles. The molecule has 0 saturated carbocycles. The van der Waals surface area contributed by atoms with Crippen molar-refractivity contribution in [1.82, 2.24) is 5.32 Å². The third-order valence-electron chi connectivity index (χ3n) is 2.92. The molecule has 2 nitrogen and oxygen atoms in total. The van der Waals surface area contributed by atoms with Crippen LogP contribution >= 0.6 is 15.9 Å². The van der Waals surface area contributed by atoms with Crippen molar-refractivity contribution < 1.29 is 5.11 Å². The monoisotopic (exact) mass is 255 g/mol. The fourth-order valence-corrected chi connectivity index (χ4v) is 2.88. The lowest BCUT2D eigenvalue weighted by atomic mass is 9.90. The molecule has 1 fully saturated rings. The summed E-state index contributed by atoms with van der Waals surface area (Å²) in [5.41, 5.74) is 1.29. The average molecular weight is 256 g/mol. The van der Waals surface area contributed by atoms with Gasteiger partial charge in [0.15, 0.2) is 0 Å². The highest BCUT2D eigenvalue weighted by molar-refractivity contribution is 9.10. The van der Waals surface area contributed by atoms with Gasteiger partial charge < -0.3 is 10.4 Å². The van der Waals surface area contributed by atoms with Crippen molar-refractivity contribution in [2.45, 2.75) is 25.3 Å². The standard InChI is InChI=1S/C11H14BrNO/c1-11(5-2-6-13-11)9-4-3-8(14)7-10(9)12/h3-4,7,13-14H,2,5-6H2,1H3. The molecule has 1 atom stereocenters. The van der Waals surface area contributed by atoms with Crippen LogP contribution in [0.4, 0.5) is 0 Å². The molecule has 0 aliphatic carbocycles. The molecule has 0 bridgehead atoms. The second-order valence-electron chi connectivity index (χ2n) is 4.03. The van der Waals surface area contributed by atoms with Crippen LogP contribution in [0.15, 0.2) is 22.7 Å². The van der Waals surface area contributed by atoms with Crippen molar-refractivity contribution in [2.75, 3.05) is 6.54 Å². The van der Waals surface area contributed by atoms with Gasteiger partial charge >= 0.3 is 0 Å². The van der Waals surface area contributed by atoms with Gasteiger partial charge in [-0.15, -0.1) is 0 Å². The summed E-state index contributed by atoms with van der Waals surface area (Å²) in [6.07, 6.45) is 2.36. The van der Waals surface area contributed by atoms with Crippen molar-refractivity contribution >= 4 is 15.9 Å². The summed E-state index contributed by atoms with van der Waals surface area (Å²) < 4.78 is 0.981. The fraction of sp³-hybridized carbons (Fsp3) is 0.455. The summed E-state index contributed by atoms with van der Waals surface area (Å²) >= 11 is 3.49. The number of benzene rings is 1. The van der Waals surface area contributed by atoms with Crippen LogP contribution in [0.2, 0.25) is 0 Å². The molecule has 0 radical (unpaired) electrons. The number of hydrogen-bond donors (Lipinski definition) is 2. The Hall–Kier alpha value is -0.540. The maximum Gasteiger partial charge on any atom is 0.116 e. The molecule has 1 aromatic rings. The van der Waals surface area contributed by atoms with Crippen molar-refractivity contribution in [3.05, 3.63) is 28.2 Å². The van der Waals surface area contributed by atoms with E-state index in [0.29, 0.717) is 5.75 Å². The third-order valence-corrected chi connectivity index (χ3v) is 3.57. The first-order valence-electron chi connectivity index (χ1n) is 4.86. The number of phenols is 1. The molecular weight excluding hydrogens is 242 g/mol. The number of halogens is 1. The number of aromatic hydroxyl groups is 1. The minimum atomic E-state index is 0.0620. The molecule has 1 unspecified atom stereocenters. The third kappa shape index (κ3) is 1.66. The van der Waals surface area contributed by atoms with E-state index < -0.39 is 0 Å². The van der Waals surface area contributed by atoms with Crippen LogP contribution in [0.5, 0.6) is 5.75 Å². The molecule has 2 rings (SSSR count). The molecule has 1 aliphatic rings. The van der Waals surface area contributed by atoms with Crippen LogP contribution in [0.25, 0.3) is 0 Å². The Morgan fingerprint density at radius 1 is 1.50 bits per heavy atom. The Bertz CT molecular complexity index is 345. The molecular formula is C11H14BrNO. The first-order valence-corrected chi connectivity index (χ1v) is 5.65. The highest BCUT2D eigenvalue weighted by Crippen LogP contribution is 2.36. The van der Waals surface area contributed by atoms with Crippen LogP contribution in [-0.4, -0.2) is 11.7 Å². The second-order valence-corrected chi connectivity index (χ2v) is 4.88. The predicted molar refractivity (Wildman–Crippen MR) is 60.4 cm³/mol. The van der Waals surface area contributed by atoms with Gasteiger partial charge in [-0.25, -0.2) is 0 Å². The lowest BCUT2D eigenvalue weighted by Gasteiger charge is -2.26. The molecule has 3 heteroatoms. The number of rotatable bonds is 1. The zero-order valence-corrected chi connectivity index (χ0v) is 9.76. The second kappa shape index (κ2) is 3.55. The summed E-state index contributed by atoms with van der Waals surface area (Å²) in [7, 11) is 0. The molecule has 1 aliphatic heterocycles. The smallest absolute Gasteiger partial charge is 0.116 e. The van der Waals surface area contributed by atoms with Gasteiger partial charge in [0.1, 0.15) is 5.75 Å². The topological polar surface area (TPSA) is 32.3 Å². The Kier molecular flexibility index (Phi) is 2.54. The first kappa shape index (κ1) is 9.99. The molecule has 0 aromatic heterocycles. The molecule has 14 heavy (non-hydrogen) atoms. The van der Waals surface area contributed by atoms with Crippen LogP contribution in [0, 0.1) is 0 Å². The highest BCUT2D eigenvalue weighted by atomic mass is 79.9. The normalized spacial score (nSPS) is 26.7. The van der Waals surface area contributed by atoms with E-state index in [1.165, 1.54) is 12.0 Å². The van der Waals surface area contributed by atoms with Crippen molar-refractivity contribution in [1.29, 1.82) is 0 Å². The van der Waals surface area contributed by atoms with Gasteiger partial charge in [-0.2, -0.15) is 0 Å². The molecule has 2 N–H and O–H groups in total. The van der Waals surface area contributed by atoms with E-state index in [-0.39, 0.29) is 5.54 Å². The molecule has 1 aromatic carbocycles. The largest absolute Gasteiger partial charge is 0.508 e. The van der Waals surface area contributed by atoms with E-state index in [2.05, 4.69) is 28.2 Å². The molecule has 0 amide bonds. The van der Waals surface area contributed by atoms with Gasteiger partial charge in [-0.05, 0) is 44.0 Å². The molecule has 0 spiro atoms. The lowest BCUT2D eigenvalue weighted by Crippen LogP contribution is -2.33. The number of nitrogens with one attached hydrogen (secondary N) is 1. The van der Waals surface area contributed by atoms with Gasteiger partial charge in [0, 0.05) is 10.0 Å². The van der Waals surface area contributed by atoms with Crippen LogP contribution in [-0.2, 0) is 5.54 Å². The van der Waals surface area contributed by atoms with E-state index in [1.54, 1.807) is 12.1 Å². The summed E-state index contributed by atoms with van der Waals surface area (Å²) in [6.45, 7) is 3.28. The van der Waals surface area contributed by atoms with Gasteiger partial charge in [0.2, 0.25) is 0 Å². The van der Waals surface area contributed by atoms with Crippen LogP contribution < -0.4 is 5.32 Å². The van der Waals surface area contributed by atoms with Crippen LogP contribution in [0.1, 0.15) is 25.3 Å². The van der Waals surface area contributed by atoms with Crippen molar-refractivity contribution in [2.24, 2.45) is 0 Å². The summed E-state index contributed by atoms with van der Waals surface area (Å²) in [5, 5.41) is 12.8. The first-order chi connectivity index (χ1) is 6.62. The van der Waals surface area contributed by atoms with E-state index in [9.17, 15) is 5.11 Å². The van der Waals surface area contributed by atoms with E-state index >= 15 is 0 Å². The van der Waals surface area contributed by atoms with E-state index in [4.69, 9.17) is 0 Å². The minimum Gasteiger partial charge on any atom is -0.508 e. The molecule has 76 valence electrons. The quantitative estimate of drug-likeness (QED) is 0.809. The predicted octanol–water partition coefficient (Wildman–Crippen LogP) is 2.75. The Labute approximate surface area is 92.5 Å². The van der Waals surface area contributed by atoms with Gasteiger partial charge in [-0.3, -0.25) is 0 Å². The average Bonchev–Trinajstić information content (AvgIpc) is 2.52. The Morgan fingerprint density at radius 3 is 2.86 bits per heavy atom. The highest BCUT2D eigenvalue weighted by Gasteiger charge is 2.31. The summed E-state index contributed by atoms with van der Waals surface area (Å²) in [5.74, 6) is 0.308. The molecule has 1 saturated heterocycles. The van der Waals surface area contributed by atoms with Crippen molar-refractivity contribution in [3.8, 4) is 5.75 Å². The van der Waals surface area contributed by atoms with Gasteiger partial charge in [0.25, 0.3) is 0 Å². The zero-order chi connectivity index (χ0) is 10.2. The SMILES string of the molecule is CC1(c2ccc(O)cc2Br)CCCN1. The van der Waals surface area contributed by atoms with Crippen LogP contribution in [0.3, 0.4) is 0 Å². The van der Waals surface area contributed by atoms with Crippen molar-refractivity contribution in [3.63, 3.8) is 0 Å². The fourth-order valence-electron chi connectivity index (χ4n) is 2.08. The number of phenolic OH excluding ortho intramolecular Hbond substituents is 1. The summed E-state index contributed by atoms with van der Waals surface area (Å²) in [4.78, 5) is 0. The minimum absolute atomic E-state index is 0.0620. The Morgan fingerprint density at radius 2 is 2.29 bits per heavy atom. The van der Waals surface area contributed by atoms with E-state index in [0.717, 1.165) is 17.4 Å². The van der Waals surface area contributed by atoms with Gasteiger partial charge in [0.05, 0.1) is 0 Å². The lowest BCUT2D eigenvalue weighted by molar-refractivity contribution is 0.430. The Balaban J connectivity index is 2.40.